The van der Waals surface area contributed by atoms with Crippen molar-refractivity contribution in [2.45, 2.75) is 105 Å². The van der Waals surface area contributed by atoms with Crippen molar-refractivity contribution in [3.63, 3.8) is 0 Å². The molecule has 4 aliphatic carbocycles. The molecule has 172 valence electrons. The normalized spacial score (nSPS) is 39.7. The minimum atomic E-state index is -0.251. The number of allylic oxidation sites excluding steroid dienone is 1. The first-order valence-corrected chi connectivity index (χ1v) is 12.8. The molecule has 4 aliphatic rings. The van der Waals surface area contributed by atoms with Crippen molar-refractivity contribution in [3.8, 4) is 0 Å². The van der Waals surface area contributed by atoms with E-state index in [9.17, 15) is 14.4 Å². The molecule has 0 spiro atoms. The van der Waals surface area contributed by atoms with Crippen LogP contribution < -0.4 is 0 Å². The van der Waals surface area contributed by atoms with Gasteiger partial charge in [0.05, 0.1) is 0 Å². The molecule has 0 radical (unpaired) electrons. The van der Waals surface area contributed by atoms with Crippen molar-refractivity contribution in [3.05, 3.63) is 11.3 Å². The lowest BCUT2D eigenvalue weighted by atomic mass is 9.46. The number of carbonyl (C=O) groups is 3. The molecule has 0 aromatic heterocycles. The molecule has 4 heteroatoms. The fourth-order valence-corrected chi connectivity index (χ4v) is 7.91. The predicted octanol–water partition coefficient (Wildman–Crippen LogP) is 6.17. The summed E-state index contributed by atoms with van der Waals surface area (Å²) in [6.07, 6.45) is 10.3. The van der Waals surface area contributed by atoms with Crippen LogP contribution in [0.3, 0.4) is 0 Å². The highest BCUT2D eigenvalue weighted by atomic mass is 16.5. The highest BCUT2D eigenvalue weighted by Gasteiger charge is 2.62. The average Bonchev–Trinajstić information content (AvgIpc) is 3.01. The third-order valence-electron chi connectivity index (χ3n) is 9.64. The summed E-state index contributed by atoms with van der Waals surface area (Å²) in [7, 11) is 0. The molecule has 0 heterocycles. The lowest BCUT2D eigenvalue weighted by Gasteiger charge is -2.57. The molecule has 0 aromatic carbocycles. The second-order valence-corrected chi connectivity index (χ2v) is 11.2. The van der Waals surface area contributed by atoms with Crippen LogP contribution in [0.2, 0.25) is 0 Å². The SMILES string of the molecule is CCCCCC(=O)OC1=C2CC[C@@H]3[C@@H](CC[C@]4(C)C(=O)CC(CC)[C@@H]34)[C@@]2(C)CCC1=O. The summed E-state index contributed by atoms with van der Waals surface area (Å²) in [6.45, 7) is 8.89. The summed E-state index contributed by atoms with van der Waals surface area (Å²) >= 11 is 0. The molecule has 31 heavy (non-hydrogen) atoms. The molecule has 1 unspecified atom stereocenters. The molecule has 0 N–H and O–H groups in total. The molecule has 4 nitrogen and oxygen atoms in total. The lowest BCUT2D eigenvalue weighted by molar-refractivity contribution is -0.145. The van der Waals surface area contributed by atoms with Crippen LogP contribution in [0.25, 0.3) is 0 Å². The van der Waals surface area contributed by atoms with Crippen LogP contribution in [0.1, 0.15) is 105 Å². The smallest absolute Gasteiger partial charge is 0.311 e. The Balaban J connectivity index is 1.62. The third kappa shape index (κ3) is 3.62. The van der Waals surface area contributed by atoms with Gasteiger partial charge in [0.15, 0.2) is 11.5 Å². The van der Waals surface area contributed by atoms with Crippen molar-refractivity contribution in [2.24, 2.45) is 34.5 Å². The van der Waals surface area contributed by atoms with Gasteiger partial charge in [0.2, 0.25) is 0 Å². The van der Waals surface area contributed by atoms with Crippen LogP contribution in [-0.4, -0.2) is 17.5 Å². The molecule has 0 saturated heterocycles. The number of hydrogen-bond donors (Lipinski definition) is 0. The number of rotatable bonds is 6. The first kappa shape index (κ1) is 22.7. The monoisotopic (exact) mass is 428 g/mol. The minimum Gasteiger partial charge on any atom is -0.423 e. The maximum atomic E-state index is 12.9. The average molecular weight is 429 g/mol. The number of hydrogen-bond acceptors (Lipinski definition) is 4. The van der Waals surface area contributed by atoms with E-state index in [1.165, 1.54) is 0 Å². The maximum absolute atomic E-state index is 12.9. The van der Waals surface area contributed by atoms with Gasteiger partial charge in [-0.2, -0.15) is 0 Å². The number of fused-ring (bicyclic) bond motifs is 5. The molecule has 0 aliphatic heterocycles. The van der Waals surface area contributed by atoms with Crippen molar-refractivity contribution < 1.29 is 19.1 Å². The van der Waals surface area contributed by atoms with E-state index in [4.69, 9.17) is 4.74 Å². The molecule has 0 amide bonds. The van der Waals surface area contributed by atoms with E-state index < -0.39 is 0 Å². The van der Waals surface area contributed by atoms with Gasteiger partial charge in [0.25, 0.3) is 0 Å². The van der Waals surface area contributed by atoms with Gasteiger partial charge in [-0.1, -0.05) is 47.0 Å². The van der Waals surface area contributed by atoms with E-state index in [2.05, 4.69) is 27.7 Å². The van der Waals surface area contributed by atoms with Gasteiger partial charge in [-0.3, -0.25) is 14.4 Å². The van der Waals surface area contributed by atoms with Gasteiger partial charge in [0.1, 0.15) is 5.78 Å². The number of carbonyl (C=O) groups excluding carboxylic acids is 3. The number of ketones is 2. The zero-order valence-corrected chi connectivity index (χ0v) is 19.9. The third-order valence-corrected chi connectivity index (χ3v) is 9.64. The lowest BCUT2D eigenvalue weighted by Crippen LogP contribution is -2.52. The number of ether oxygens (including phenoxy) is 1. The molecule has 3 fully saturated rings. The summed E-state index contributed by atoms with van der Waals surface area (Å²) < 4.78 is 5.77. The van der Waals surface area contributed by atoms with Crippen LogP contribution in [0.5, 0.6) is 0 Å². The van der Waals surface area contributed by atoms with E-state index in [0.717, 1.165) is 69.8 Å². The number of Topliss-reactive ketones (excluding diaryl/α,β-unsaturated/α-hetero) is 2. The number of unbranched alkanes of at least 4 members (excludes halogenated alkanes) is 2. The van der Waals surface area contributed by atoms with Gasteiger partial charge in [0, 0.05) is 24.7 Å². The van der Waals surface area contributed by atoms with Gasteiger partial charge in [-0.25, -0.2) is 0 Å². The molecule has 4 rings (SSSR count). The topological polar surface area (TPSA) is 60.4 Å². The molecule has 6 atom stereocenters. The van der Waals surface area contributed by atoms with E-state index in [-0.39, 0.29) is 22.6 Å². The zero-order chi connectivity index (χ0) is 22.4. The molecular weight excluding hydrogens is 388 g/mol. The van der Waals surface area contributed by atoms with Crippen LogP contribution in [-0.2, 0) is 19.1 Å². The summed E-state index contributed by atoms with van der Waals surface area (Å²) in [5.41, 5.74) is 0.870. The highest BCUT2D eigenvalue weighted by molar-refractivity contribution is 5.97. The van der Waals surface area contributed by atoms with Crippen molar-refractivity contribution in [1.82, 2.24) is 0 Å². The minimum absolute atomic E-state index is 0.0119. The van der Waals surface area contributed by atoms with E-state index >= 15 is 0 Å². The Labute approximate surface area is 187 Å². The zero-order valence-electron chi connectivity index (χ0n) is 19.9. The fraction of sp³-hybridized carbons (Fsp3) is 0.815. The van der Waals surface area contributed by atoms with Crippen molar-refractivity contribution in [2.75, 3.05) is 0 Å². The van der Waals surface area contributed by atoms with Crippen LogP contribution in [0.4, 0.5) is 0 Å². The highest BCUT2D eigenvalue weighted by Crippen LogP contribution is 2.66. The second-order valence-electron chi connectivity index (χ2n) is 11.2. The van der Waals surface area contributed by atoms with Gasteiger partial charge < -0.3 is 4.74 Å². The van der Waals surface area contributed by atoms with E-state index in [1.54, 1.807) is 0 Å². The Morgan fingerprint density at radius 1 is 1.03 bits per heavy atom. The summed E-state index contributed by atoms with van der Waals surface area (Å²) in [6, 6.07) is 0. The van der Waals surface area contributed by atoms with Gasteiger partial charge in [-0.15, -0.1) is 0 Å². The van der Waals surface area contributed by atoms with E-state index in [0.29, 0.717) is 48.1 Å². The standard InChI is InChI=1S/C27H40O4/c1-5-7-8-9-23(30)31-25-20-11-10-18-19(26(20,3)15-13-21(25)28)12-14-27(4)22(29)16-17(6-2)24(18)27/h17-19,24H,5-16H2,1-4H3/t17?,18-,19-,24+,26-,27-/m1/s1. The second kappa shape index (κ2) is 8.48. The molecule has 0 aromatic rings. The Bertz CT molecular complexity index is 795. The molecular formula is C27H40O4. The first-order valence-electron chi connectivity index (χ1n) is 12.8. The van der Waals surface area contributed by atoms with Crippen LogP contribution >= 0.6 is 0 Å². The fourth-order valence-electron chi connectivity index (χ4n) is 7.91. The summed E-state index contributed by atoms with van der Waals surface area (Å²) in [4.78, 5) is 38.2. The van der Waals surface area contributed by atoms with Crippen LogP contribution in [0, 0.1) is 34.5 Å². The van der Waals surface area contributed by atoms with Crippen molar-refractivity contribution >= 4 is 17.5 Å². The largest absolute Gasteiger partial charge is 0.423 e. The van der Waals surface area contributed by atoms with Gasteiger partial charge in [-0.05, 0) is 73.2 Å². The quantitative estimate of drug-likeness (QED) is 0.375. The van der Waals surface area contributed by atoms with Crippen LogP contribution in [0.15, 0.2) is 11.3 Å². The Hall–Kier alpha value is -1.45. The maximum Gasteiger partial charge on any atom is 0.311 e. The Morgan fingerprint density at radius 3 is 2.52 bits per heavy atom. The Morgan fingerprint density at radius 2 is 1.81 bits per heavy atom. The summed E-state index contributed by atoms with van der Waals surface area (Å²) in [5, 5.41) is 0. The van der Waals surface area contributed by atoms with E-state index in [1.807, 2.05) is 0 Å². The molecule has 3 saturated carbocycles. The summed E-state index contributed by atoms with van der Waals surface area (Å²) in [5.74, 6) is 2.62. The predicted molar refractivity (Wildman–Crippen MR) is 120 cm³/mol. The first-order chi connectivity index (χ1) is 14.8. The molecule has 0 bridgehead atoms. The van der Waals surface area contributed by atoms with Gasteiger partial charge >= 0.3 is 5.97 Å². The Kier molecular flexibility index (Phi) is 6.22. The van der Waals surface area contributed by atoms with Crippen molar-refractivity contribution in [1.29, 1.82) is 0 Å². The number of esters is 1.